The van der Waals surface area contributed by atoms with Crippen LogP contribution in [0.1, 0.15) is 19.3 Å². The summed E-state index contributed by atoms with van der Waals surface area (Å²) in [4.78, 5) is 2.53. The monoisotopic (exact) mass is 228 g/mol. The van der Waals surface area contributed by atoms with Crippen molar-refractivity contribution in [1.82, 2.24) is 10.2 Å². The van der Waals surface area contributed by atoms with E-state index in [1.54, 1.807) is 0 Å². The van der Waals surface area contributed by atoms with Crippen LogP contribution in [0.3, 0.4) is 0 Å². The molecule has 0 aromatic heterocycles. The van der Waals surface area contributed by atoms with Gasteiger partial charge in [0.15, 0.2) is 0 Å². The fourth-order valence-corrected chi connectivity index (χ4v) is 2.34. The van der Waals surface area contributed by atoms with E-state index in [4.69, 9.17) is 9.47 Å². The first kappa shape index (κ1) is 12.3. The van der Waals surface area contributed by atoms with Crippen LogP contribution in [-0.2, 0) is 9.47 Å². The maximum atomic E-state index is 5.64. The molecule has 0 amide bonds. The van der Waals surface area contributed by atoms with E-state index in [-0.39, 0.29) is 6.10 Å². The maximum absolute atomic E-state index is 5.64. The summed E-state index contributed by atoms with van der Waals surface area (Å²) in [5.41, 5.74) is 0. The Labute approximate surface area is 98.3 Å². The highest BCUT2D eigenvalue weighted by Crippen LogP contribution is 2.07. The van der Waals surface area contributed by atoms with Crippen molar-refractivity contribution in [2.24, 2.45) is 0 Å². The van der Waals surface area contributed by atoms with Gasteiger partial charge in [0.2, 0.25) is 0 Å². The van der Waals surface area contributed by atoms with Crippen LogP contribution >= 0.6 is 0 Å². The second-order valence-corrected chi connectivity index (χ2v) is 4.67. The van der Waals surface area contributed by atoms with Crippen molar-refractivity contribution < 1.29 is 9.47 Å². The number of hydrogen-bond donors (Lipinski definition) is 1. The largest absolute Gasteiger partial charge is 0.379 e. The van der Waals surface area contributed by atoms with E-state index < -0.39 is 0 Å². The van der Waals surface area contributed by atoms with Gasteiger partial charge in [-0.3, -0.25) is 0 Å². The zero-order chi connectivity index (χ0) is 11.1. The third-order valence-electron chi connectivity index (χ3n) is 3.27. The summed E-state index contributed by atoms with van der Waals surface area (Å²) in [5.74, 6) is 0. The van der Waals surface area contributed by atoms with Gasteiger partial charge in [0.25, 0.3) is 0 Å². The van der Waals surface area contributed by atoms with Crippen LogP contribution in [0.4, 0.5) is 0 Å². The van der Waals surface area contributed by atoms with Crippen molar-refractivity contribution in [3.63, 3.8) is 0 Å². The van der Waals surface area contributed by atoms with Crippen LogP contribution in [-0.4, -0.2) is 63.5 Å². The summed E-state index contributed by atoms with van der Waals surface area (Å²) >= 11 is 0. The van der Waals surface area contributed by atoms with Crippen molar-refractivity contribution in [2.75, 3.05) is 52.5 Å². The molecule has 2 aliphatic heterocycles. The highest BCUT2D eigenvalue weighted by atomic mass is 16.5. The van der Waals surface area contributed by atoms with Gasteiger partial charge in [0.1, 0.15) is 0 Å². The molecule has 0 aliphatic carbocycles. The summed E-state index contributed by atoms with van der Waals surface area (Å²) < 4.78 is 11.2. The first-order valence-electron chi connectivity index (χ1n) is 6.57. The molecular formula is C12H24N2O2. The SMILES string of the molecule is C1CCN(CCCOCC2CNCCO2)C1. The van der Waals surface area contributed by atoms with Gasteiger partial charge in [0.05, 0.1) is 19.3 Å². The van der Waals surface area contributed by atoms with Gasteiger partial charge in [-0.05, 0) is 32.4 Å². The zero-order valence-electron chi connectivity index (χ0n) is 10.1. The molecule has 0 saturated carbocycles. The molecule has 16 heavy (non-hydrogen) atoms. The first-order chi connectivity index (χ1) is 7.95. The second-order valence-electron chi connectivity index (χ2n) is 4.67. The zero-order valence-corrected chi connectivity index (χ0v) is 10.1. The fourth-order valence-electron chi connectivity index (χ4n) is 2.34. The van der Waals surface area contributed by atoms with E-state index in [1.165, 1.54) is 32.5 Å². The minimum absolute atomic E-state index is 0.264. The molecule has 1 unspecified atom stereocenters. The van der Waals surface area contributed by atoms with Gasteiger partial charge in [-0.15, -0.1) is 0 Å². The summed E-state index contributed by atoms with van der Waals surface area (Å²) in [6.07, 6.45) is 4.17. The molecule has 0 radical (unpaired) electrons. The van der Waals surface area contributed by atoms with Crippen molar-refractivity contribution in [2.45, 2.75) is 25.4 Å². The standard InChI is InChI=1S/C12H24N2O2/c1-2-6-14(5-1)7-3-8-15-11-12-10-13-4-9-16-12/h12-13H,1-11H2. The lowest BCUT2D eigenvalue weighted by Crippen LogP contribution is -2.41. The highest BCUT2D eigenvalue weighted by Gasteiger charge is 2.13. The topological polar surface area (TPSA) is 33.7 Å². The quantitative estimate of drug-likeness (QED) is 0.670. The minimum atomic E-state index is 0.264. The molecule has 2 heterocycles. The molecule has 1 atom stereocenters. The lowest BCUT2D eigenvalue weighted by molar-refractivity contribution is -0.0323. The molecule has 0 aromatic carbocycles. The van der Waals surface area contributed by atoms with E-state index in [2.05, 4.69) is 10.2 Å². The molecule has 2 saturated heterocycles. The molecule has 2 aliphatic rings. The molecule has 4 heteroatoms. The lowest BCUT2D eigenvalue weighted by atomic mass is 10.3. The van der Waals surface area contributed by atoms with Crippen molar-refractivity contribution in [1.29, 1.82) is 0 Å². The Morgan fingerprint density at radius 3 is 2.94 bits per heavy atom. The molecule has 2 fully saturated rings. The number of ether oxygens (including phenoxy) is 2. The third kappa shape index (κ3) is 4.37. The molecule has 1 N–H and O–H groups in total. The van der Waals surface area contributed by atoms with E-state index in [0.29, 0.717) is 0 Å². The number of morpholine rings is 1. The molecule has 4 nitrogen and oxygen atoms in total. The van der Waals surface area contributed by atoms with Gasteiger partial charge in [0, 0.05) is 26.2 Å². The number of nitrogens with one attached hydrogen (secondary N) is 1. The average molecular weight is 228 g/mol. The number of hydrogen-bond acceptors (Lipinski definition) is 4. The Balaban J connectivity index is 1.42. The maximum Gasteiger partial charge on any atom is 0.0933 e. The van der Waals surface area contributed by atoms with Crippen LogP contribution in [0, 0.1) is 0 Å². The van der Waals surface area contributed by atoms with E-state index in [1.807, 2.05) is 0 Å². The predicted molar refractivity (Wildman–Crippen MR) is 63.7 cm³/mol. The summed E-state index contributed by atoms with van der Waals surface area (Å²) in [6.45, 7) is 8.12. The average Bonchev–Trinajstić information content (AvgIpc) is 2.83. The van der Waals surface area contributed by atoms with E-state index >= 15 is 0 Å². The normalized spacial score (nSPS) is 27.4. The molecule has 0 spiro atoms. The third-order valence-corrected chi connectivity index (χ3v) is 3.27. The van der Waals surface area contributed by atoms with Crippen LogP contribution < -0.4 is 5.32 Å². The highest BCUT2D eigenvalue weighted by molar-refractivity contribution is 4.67. The summed E-state index contributed by atoms with van der Waals surface area (Å²) in [6, 6.07) is 0. The Morgan fingerprint density at radius 1 is 1.31 bits per heavy atom. The number of likely N-dealkylation sites (tertiary alicyclic amines) is 1. The molecule has 0 bridgehead atoms. The number of rotatable bonds is 6. The lowest BCUT2D eigenvalue weighted by Gasteiger charge is -2.23. The predicted octanol–water partition coefficient (Wildman–Crippen LogP) is 0.477. The van der Waals surface area contributed by atoms with E-state index in [0.717, 1.165) is 39.3 Å². The Bertz CT molecular complexity index is 178. The summed E-state index contributed by atoms with van der Waals surface area (Å²) in [5, 5.41) is 3.31. The summed E-state index contributed by atoms with van der Waals surface area (Å²) in [7, 11) is 0. The van der Waals surface area contributed by atoms with Crippen LogP contribution in [0.5, 0.6) is 0 Å². The van der Waals surface area contributed by atoms with Gasteiger partial charge in [-0.1, -0.05) is 0 Å². The van der Waals surface area contributed by atoms with Crippen LogP contribution in [0.2, 0.25) is 0 Å². The fraction of sp³-hybridized carbons (Fsp3) is 1.00. The molecular weight excluding hydrogens is 204 g/mol. The van der Waals surface area contributed by atoms with Crippen molar-refractivity contribution >= 4 is 0 Å². The Kier molecular flexibility index (Phi) is 5.55. The molecule has 0 aromatic rings. The van der Waals surface area contributed by atoms with Crippen LogP contribution in [0.15, 0.2) is 0 Å². The smallest absolute Gasteiger partial charge is 0.0933 e. The van der Waals surface area contributed by atoms with Gasteiger partial charge in [-0.25, -0.2) is 0 Å². The number of nitrogens with zero attached hydrogens (tertiary/aromatic N) is 1. The van der Waals surface area contributed by atoms with Gasteiger partial charge >= 0.3 is 0 Å². The minimum Gasteiger partial charge on any atom is -0.379 e. The Hall–Kier alpha value is -0.160. The van der Waals surface area contributed by atoms with Gasteiger partial charge in [-0.2, -0.15) is 0 Å². The second kappa shape index (κ2) is 7.22. The first-order valence-corrected chi connectivity index (χ1v) is 6.57. The van der Waals surface area contributed by atoms with Crippen molar-refractivity contribution in [3.05, 3.63) is 0 Å². The van der Waals surface area contributed by atoms with E-state index in [9.17, 15) is 0 Å². The van der Waals surface area contributed by atoms with Gasteiger partial charge < -0.3 is 19.7 Å². The van der Waals surface area contributed by atoms with Crippen LogP contribution in [0.25, 0.3) is 0 Å². The Morgan fingerprint density at radius 2 is 2.19 bits per heavy atom. The molecule has 94 valence electrons. The van der Waals surface area contributed by atoms with Crippen molar-refractivity contribution in [3.8, 4) is 0 Å². The molecule has 2 rings (SSSR count).